The number of nitrogens with zero attached hydrogens (tertiary/aromatic N) is 1. The third kappa shape index (κ3) is 4.33. The van der Waals surface area contributed by atoms with E-state index < -0.39 is 5.60 Å². The van der Waals surface area contributed by atoms with E-state index in [1.54, 1.807) is 19.2 Å². The van der Waals surface area contributed by atoms with E-state index >= 15 is 0 Å². The summed E-state index contributed by atoms with van der Waals surface area (Å²) in [7, 11) is 1.67. The zero-order valence-electron chi connectivity index (χ0n) is 12.4. The van der Waals surface area contributed by atoms with Gasteiger partial charge in [0.15, 0.2) is 0 Å². The Labute approximate surface area is 129 Å². The lowest BCUT2D eigenvalue weighted by atomic mass is 9.94. The number of benzene rings is 1. The van der Waals surface area contributed by atoms with Crippen LogP contribution in [0.3, 0.4) is 0 Å². The standard InChI is InChI=1S/C15H21ClN2O3/c1-11-3-4-12(9-13(11)16)17-14(19)18(2)10-15(20)5-7-21-8-6-15/h3-4,9,20H,5-8,10H2,1-2H3,(H,17,19). The first-order valence-electron chi connectivity index (χ1n) is 6.98. The Bertz CT molecular complexity index is 516. The van der Waals surface area contributed by atoms with Crippen LogP contribution in [0, 0.1) is 6.92 Å². The average Bonchev–Trinajstić information content (AvgIpc) is 2.43. The Hall–Kier alpha value is -1.30. The van der Waals surface area contributed by atoms with Crippen LogP contribution in [0.4, 0.5) is 10.5 Å². The summed E-state index contributed by atoms with van der Waals surface area (Å²) in [4.78, 5) is 13.6. The van der Waals surface area contributed by atoms with E-state index in [9.17, 15) is 9.90 Å². The molecule has 0 aromatic heterocycles. The minimum atomic E-state index is -0.866. The Morgan fingerprint density at radius 3 is 2.76 bits per heavy atom. The zero-order chi connectivity index (χ0) is 15.5. The lowest BCUT2D eigenvalue weighted by molar-refractivity contribution is -0.0717. The molecule has 0 unspecified atom stereocenters. The van der Waals surface area contributed by atoms with Gasteiger partial charge in [0, 0.05) is 43.8 Å². The molecule has 1 fully saturated rings. The first-order valence-corrected chi connectivity index (χ1v) is 7.36. The largest absolute Gasteiger partial charge is 0.388 e. The van der Waals surface area contributed by atoms with Gasteiger partial charge in [-0.3, -0.25) is 0 Å². The molecule has 1 aromatic carbocycles. The van der Waals surface area contributed by atoms with Crippen molar-refractivity contribution in [2.24, 2.45) is 0 Å². The van der Waals surface area contributed by atoms with Crippen LogP contribution in [-0.2, 0) is 4.74 Å². The van der Waals surface area contributed by atoms with Gasteiger partial charge < -0.3 is 20.1 Å². The van der Waals surface area contributed by atoms with Crippen molar-refractivity contribution >= 4 is 23.3 Å². The lowest BCUT2D eigenvalue weighted by Gasteiger charge is -2.35. The number of amides is 2. The summed E-state index contributed by atoms with van der Waals surface area (Å²) in [6.45, 7) is 3.24. The molecule has 1 aliphatic heterocycles. The topological polar surface area (TPSA) is 61.8 Å². The fourth-order valence-electron chi connectivity index (χ4n) is 2.31. The van der Waals surface area contributed by atoms with Gasteiger partial charge in [-0.05, 0) is 24.6 Å². The molecular formula is C15H21ClN2O3. The van der Waals surface area contributed by atoms with Gasteiger partial charge in [0.1, 0.15) is 0 Å². The van der Waals surface area contributed by atoms with E-state index in [-0.39, 0.29) is 12.6 Å². The smallest absolute Gasteiger partial charge is 0.321 e. The SMILES string of the molecule is Cc1ccc(NC(=O)N(C)CC2(O)CCOCC2)cc1Cl. The number of aryl methyl sites for hydroxylation is 1. The van der Waals surface area contributed by atoms with Crippen LogP contribution in [0.5, 0.6) is 0 Å². The molecule has 2 amide bonds. The van der Waals surface area contributed by atoms with Gasteiger partial charge >= 0.3 is 6.03 Å². The number of rotatable bonds is 3. The van der Waals surface area contributed by atoms with Crippen LogP contribution in [0.2, 0.25) is 5.02 Å². The third-order valence-corrected chi connectivity index (χ3v) is 4.13. The van der Waals surface area contributed by atoms with Gasteiger partial charge in [0.2, 0.25) is 0 Å². The number of hydrogen-bond donors (Lipinski definition) is 2. The molecule has 1 aromatic rings. The molecule has 2 rings (SSSR count). The van der Waals surface area contributed by atoms with Gasteiger partial charge in [-0.2, -0.15) is 0 Å². The molecule has 0 saturated carbocycles. The maximum Gasteiger partial charge on any atom is 0.321 e. The zero-order valence-corrected chi connectivity index (χ0v) is 13.1. The van der Waals surface area contributed by atoms with Crippen molar-refractivity contribution in [1.82, 2.24) is 4.90 Å². The highest BCUT2D eigenvalue weighted by atomic mass is 35.5. The number of urea groups is 1. The molecule has 0 bridgehead atoms. The maximum atomic E-state index is 12.2. The monoisotopic (exact) mass is 312 g/mol. The molecule has 0 atom stereocenters. The summed E-state index contributed by atoms with van der Waals surface area (Å²) in [5.41, 5.74) is 0.732. The number of anilines is 1. The number of hydrogen-bond acceptors (Lipinski definition) is 3. The van der Waals surface area contributed by atoms with Crippen molar-refractivity contribution in [3.8, 4) is 0 Å². The first-order chi connectivity index (χ1) is 9.89. The van der Waals surface area contributed by atoms with Crippen LogP contribution in [0.25, 0.3) is 0 Å². The van der Waals surface area contributed by atoms with Gasteiger partial charge in [-0.1, -0.05) is 17.7 Å². The van der Waals surface area contributed by atoms with Crippen LogP contribution in [0.15, 0.2) is 18.2 Å². The molecule has 5 nitrogen and oxygen atoms in total. The summed E-state index contributed by atoms with van der Waals surface area (Å²) < 4.78 is 5.23. The number of carbonyl (C=O) groups is 1. The summed E-state index contributed by atoms with van der Waals surface area (Å²) in [6.07, 6.45) is 1.09. The average molecular weight is 313 g/mol. The Morgan fingerprint density at radius 1 is 1.48 bits per heavy atom. The summed E-state index contributed by atoms with van der Waals surface area (Å²) >= 11 is 6.04. The maximum absolute atomic E-state index is 12.2. The molecule has 0 aliphatic carbocycles. The number of ether oxygens (including phenoxy) is 1. The van der Waals surface area contributed by atoms with E-state index in [2.05, 4.69) is 5.32 Å². The molecule has 1 aliphatic rings. The predicted molar refractivity (Wildman–Crippen MR) is 82.8 cm³/mol. The lowest BCUT2D eigenvalue weighted by Crippen LogP contribution is -2.48. The van der Waals surface area contributed by atoms with Crippen molar-refractivity contribution in [2.75, 3.05) is 32.1 Å². The molecule has 0 spiro atoms. The first kappa shape index (κ1) is 16.1. The van der Waals surface area contributed by atoms with Crippen LogP contribution >= 0.6 is 11.6 Å². The molecule has 0 radical (unpaired) electrons. The normalized spacial score (nSPS) is 17.3. The van der Waals surface area contributed by atoms with E-state index in [0.29, 0.717) is 36.8 Å². The number of halogens is 1. The molecule has 1 heterocycles. The molecular weight excluding hydrogens is 292 g/mol. The Kier molecular flexibility index (Phi) is 5.08. The van der Waals surface area contributed by atoms with Gasteiger partial charge in [0.05, 0.1) is 12.1 Å². The van der Waals surface area contributed by atoms with Gasteiger partial charge in [0.25, 0.3) is 0 Å². The van der Waals surface area contributed by atoms with Crippen LogP contribution < -0.4 is 5.32 Å². The summed E-state index contributed by atoms with van der Waals surface area (Å²) in [5.74, 6) is 0. The minimum absolute atomic E-state index is 0.269. The summed E-state index contributed by atoms with van der Waals surface area (Å²) in [5, 5.41) is 13.8. The quantitative estimate of drug-likeness (QED) is 0.902. The van der Waals surface area contributed by atoms with E-state index in [0.717, 1.165) is 5.56 Å². The predicted octanol–water partition coefficient (Wildman–Crippen LogP) is 2.65. The summed E-state index contributed by atoms with van der Waals surface area (Å²) in [6, 6.07) is 5.10. The second-order valence-corrected chi connectivity index (χ2v) is 5.99. The molecule has 21 heavy (non-hydrogen) atoms. The van der Waals surface area contributed by atoms with Gasteiger partial charge in [-0.25, -0.2) is 4.79 Å². The second-order valence-electron chi connectivity index (χ2n) is 5.59. The molecule has 2 N–H and O–H groups in total. The van der Waals surface area contributed by atoms with Crippen molar-refractivity contribution in [1.29, 1.82) is 0 Å². The number of nitrogens with one attached hydrogen (secondary N) is 1. The fourth-order valence-corrected chi connectivity index (χ4v) is 2.49. The minimum Gasteiger partial charge on any atom is -0.388 e. The highest BCUT2D eigenvalue weighted by Gasteiger charge is 2.32. The second kappa shape index (κ2) is 6.64. The third-order valence-electron chi connectivity index (χ3n) is 3.72. The van der Waals surface area contributed by atoms with Crippen LogP contribution in [0.1, 0.15) is 18.4 Å². The fraction of sp³-hybridized carbons (Fsp3) is 0.533. The van der Waals surface area contributed by atoms with Crippen molar-refractivity contribution < 1.29 is 14.6 Å². The highest BCUT2D eigenvalue weighted by molar-refractivity contribution is 6.31. The van der Waals surface area contributed by atoms with Gasteiger partial charge in [-0.15, -0.1) is 0 Å². The van der Waals surface area contributed by atoms with Crippen molar-refractivity contribution in [3.63, 3.8) is 0 Å². The number of likely N-dealkylation sites (N-methyl/N-ethyl adjacent to an activating group) is 1. The molecule has 116 valence electrons. The van der Waals surface area contributed by atoms with Crippen LogP contribution in [-0.4, -0.2) is 48.4 Å². The van der Waals surface area contributed by atoms with E-state index in [1.165, 1.54) is 4.90 Å². The highest BCUT2D eigenvalue weighted by Crippen LogP contribution is 2.23. The molecule has 6 heteroatoms. The van der Waals surface area contributed by atoms with E-state index in [4.69, 9.17) is 16.3 Å². The number of aliphatic hydroxyl groups is 1. The van der Waals surface area contributed by atoms with Crippen molar-refractivity contribution in [3.05, 3.63) is 28.8 Å². The number of carbonyl (C=O) groups excluding carboxylic acids is 1. The molecule has 1 saturated heterocycles. The van der Waals surface area contributed by atoms with Crippen molar-refractivity contribution in [2.45, 2.75) is 25.4 Å². The Morgan fingerprint density at radius 2 is 2.14 bits per heavy atom. The van der Waals surface area contributed by atoms with E-state index in [1.807, 2.05) is 13.0 Å². The Balaban J connectivity index is 1.94.